The molecule has 0 saturated carbocycles. The molecule has 0 spiro atoms. The SMILES string of the molecule is COc1cccc(-c2nc3c([N+](=O)[O-])cccn3n2)c1. The molecule has 0 saturated heterocycles. The Morgan fingerprint density at radius 2 is 2.15 bits per heavy atom. The largest absolute Gasteiger partial charge is 0.497 e. The van der Waals surface area contributed by atoms with E-state index < -0.39 is 4.92 Å². The molecule has 3 rings (SSSR count). The van der Waals surface area contributed by atoms with Crippen molar-refractivity contribution in [3.63, 3.8) is 0 Å². The second-order valence-electron chi connectivity index (χ2n) is 4.09. The van der Waals surface area contributed by atoms with Crippen molar-refractivity contribution in [3.8, 4) is 17.1 Å². The van der Waals surface area contributed by atoms with Crippen molar-refractivity contribution in [1.29, 1.82) is 0 Å². The summed E-state index contributed by atoms with van der Waals surface area (Å²) in [6.45, 7) is 0. The Morgan fingerprint density at radius 1 is 1.30 bits per heavy atom. The van der Waals surface area contributed by atoms with Crippen LogP contribution in [0.4, 0.5) is 5.69 Å². The van der Waals surface area contributed by atoms with E-state index in [9.17, 15) is 10.1 Å². The van der Waals surface area contributed by atoms with Gasteiger partial charge in [0.05, 0.1) is 12.0 Å². The zero-order chi connectivity index (χ0) is 14.1. The van der Waals surface area contributed by atoms with Crippen molar-refractivity contribution < 1.29 is 9.66 Å². The van der Waals surface area contributed by atoms with Gasteiger partial charge < -0.3 is 4.74 Å². The van der Waals surface area contributed by atoms with Gasteiger partial charge in [0.2, 0.25) is 5.65 Å². The first-order valence-electron chi connectivity index (χ1n) is 5.83. The predicted molar refractivity (Wildman–Crippen MR) is 71.6 cm³/mol. The first-order chi connectivity index (χ1) is 9.69. The number of rotatable bonds is 3. The molecule has 0 radical (unpaired) electrons. The predicted octanol–water partition coefficient (Wildman–Crippen LogP) is 2.31. The van der Waals surface area contributed by atoms with Gasteiger partial charge in [-0.05, 0) is 18.2 Å². The first-order valence-corrected chi connectivity index (χ1v) is 5.83. The Morgan fingerprint density at radius 3 is 2.90 bits per heavy atom. The molecule has 0 aliphatic carbocycles. The Bertz CT molecular complexity index is 797. The van der Waals surface area contributed by atoms with Gasteiger partial charge in [0, 0.05) is 17.8 Å². The third-order valence-corrected chi connectivity index (χ3v) is 2.87. The van der Waals surface area contributed by atoms with E-state index in [0.29, 0.717) is 11.6 Å². The fourth-order valence-electron chi connectivity index (χ4n) is 1.92. The molecule has 0 fully saturated rings. The van der Waals surface area contributed by atoms with Crippen molar-refractivity contribution in [2.45, 2.75) is 0 Å². The van der Waals surface area contributed by atoms with Crippen LogP contribution in [0.15, 0.2) is 42.6 Å². The van der Waals surface area contributed by atoms with Crippen LogP contribution in [0.5, 0.6) is 5.75 Å². The van der Waals surface area contributed by atoms with Gasteiger partial charge in [-0.15, -0.1) is 5.10 Å². The normalized spacial score (nSPS) is 10.7. The summed E-state index contributed by atoms with van der Waals surface area (Å²) in [7, 11) is 1.57. The van der Waals surface area contributed by atoms with Crippen molar-refractivity contribution in [2.24, 2.45) is 0 Å². The van der Waals surface area contributed by atoms with Crippen LogP contribution in [-0.2, 0) is 0 Å². The highest BCUT2D eigenvalue weighted by molar-refractivity contribution is 5.65. The van der Waals surface area contributed by atoms with Crippen LogP contribution in [0.1, 0.15) is 0 Å². The zero-order valence-electron chi connectivity index (χ0n) is 10.6. The van der Waals surface area contributed by atoms with Gasteiger partial charge in [-0.3, -0.25) is 10.1 Å². The fraction of sp³-hybridized carbons (Fsp3) is 0.0769. The van der Waals surface area contributed by atoms with Crippen LogP contribution < -0.4 is 4.74 Å². The smallest absolute Gasteiger partial charge is 0.313 e. The Hall–Kier alpha value is -2.96. The highest BCUT2D eigenvalue weighted by Gasteiger charge is 2.16. The zero-order valence-corrected chi connectivity index (χ0v) is 10.6. The maximum Gasteiger partial charge on any atom is 0.313 e. The number of ether oxygens (including phenoxy) is 1. The average Bonchev–Trinajstić information content (AvgIpc) is 2.91. The summed E-state index contributed by atoms with van der Waals surface area (Å²) in [5.74, 6) is 1.09. The van der Waals surface area contributed by atoms with Crippen molar-refractivity contribution in [1.82, 2.24) is 14.6 Å². The number of nitro groups is 1. The molecular formula is C13H10N4O3. The fourth-order valence-corrected chi connectivity index (χ4v) is 1.92. The number of methoxy groups -OCH3 is 1. The van der Waals surface area contributed by atoms with Gasteiger partial charge in [0.25, 0.3) is 0 Å². The van der Waals surface area contributed by atoms with E-state index in [0.717, 1.165) is 5.56 Å². The molecule has 2 aromatic heterocycles. The van der Waals surface area contributed by atoms with Crippen molar-refractivity contribution >= 4 is 11.3 Å². The van der Waals surface area contributed by atoms with E-state index in [1.165, 1.54) is 10.6 Å². The topological polar surface area (TPSA) is 82.6 Å². The van der Waals surface area contributed by atoms with Gasteiger partial charge >= 0.3 is 5.69 Å². The molecule has 100 valence electrons. The highest BCUT2D eigenvalue weighted by atomic mass is 16.6. The second-order valence-corrected chi connectivity index (χ2v) is 4.09. The molecule has 20 heavy (non-hydrogen) atoms. The van der Waals surface area contributed by atoms with Crippen molar-refractivity contribution in [2.75, 3.05) is 7.11 Å². The molecule has 0 unspecified atom stereocenters. The van der Waals surface area contributed by atoms with Gasteiger partial charge in [-0.2, -0.15) is 0 Å². The third kappa shape index (κ3) is 1.95. The Balaban J connectivity index is 2.17. The van der Waals surface area contributed by atoms with Crippen LogP contribution in [0.2, 0.25) is 0 Å². The molecule has 0 aliphatic heterocycles. The summed E-state index contributed by atoms with van der Waals surface area (Å²) in [5.41, 5.74) is 0.881. The van der Waals surface area contributed by atoms with Crippen LogP contribution in [-0.4, -0.2) is 26.6 Å². The Labute approximate surface area is 113 Å². The average molecular weight is 270 g/mol. The summed E-state index contributed by atoms with van der Waals surface area (Å²) >= 11 is 0. The van der Waals surface area contributed by atoms with Crippen molar-refractivity contribution in [3.05, 3.63) is 52.7 Å². The number of hydrogen-bond acceptors (Lipinski definition) is 5. The third-order valence-electron chi connectivity index (χ3n) is 2.87. The summed E-state index contributed by atoms with van der Waals surface area (Å²) in [6, 6.07) is 10.2. The van der Waals surface area contributed by atoms with Gasteiger partial charge in [0.15, 0.2) is 5.82 Å². The molecule has 0 amide bonds. The minimum absolute atomic E-state index is 0.0749. The summed E-state index contributed by atoms with van der Waals surface area (Å²) < 4.78 is 6.54. The van der Waals surface area contributed by atoms with E-state index in [2.05, 4.69) is 10.1 Å². The lowest BCUT2D eigenvalue weighted by Gasteiger charge is -2.00. The van der Waals surface area contributed by atoms with Gasteiger partial charge in [0.1, 0.15) is 5.75 Å². The molecule has 2 heterocycles. The molecular weight excluding hydrogens is 260 g/mol. The number of nitrogens with zero attached hydrogens (tertiary/aromatic N) is 4. The molecule has 3 aromatic rings. The first kappa shape index (κ1) is 12.1. The number of hydrogen-bond donors (Lipinski definition) is 0. The number of fused-ring (bicyclic) bond motifs is 1. The number of benzene rings is 1. The Kier molecular flexibility index (Phi) is 2.79. The van der Waals surface area contributed by atoms with Crippen LogP contribution >= 0.6 is 0 Å². The molecule has 7 nitrogen and oxygen atoms in total. The minimum atomic E-state index is -0.473. The van der Waals surface area contributed by atoms with Crippen LogP contribution in [0.25, 0.3) is 17.0 Å². The molecule has 0 atom stereocenters. The summed E-state index contributed by atoms with van der Waals surface area (Å²) in [5, 5.41) is 15.2. The van der Waals surface area contributed by atoms with E-state index >= 15 is 0 Å². The maximum absolute atomic E-state index is 11.0. The standard InChI is InChI=1S/C13H10N4O3/c1-20-10-5-2-4-9(8-10)12-14-13-11(17(18)19)6-3-7-16(13)15-12/h2-8H,1H3. The van der Waals surface area contributed by atoms with E-state index in [4.69, 9.17) is 4.74 Å². The lowest BCUT2D eigenvalue weighted by molar-refractivity contribution is -0.383. The second kappa shape index (κ2) is 4.61. The van der Waals surface area contributed by atoms with E-state index in [1.54, 1.807) is 25.4 Å². The lowest BCUT2D eigenvalue weighted by Crippen LogP contribution is -1.93. The quantitative estimate of drug-likeness (QED) is 0.538. The number of pyridine rings is 1. The number of aromatic nitrogens is 3. The summed E-state index contributed by atoms with van der Waals surface area (Å²) in [4.78, 5) is 14.7. The lowest BCUT2D eigenvalue weighted by atomic mass is 10.2. The van der Waals surface area contributed by atoms with Gasteiger partial charge in [-0.25, -0.2) is 9.50 Å². The van der Waals surface area contributed by atoms with Gasteiger partial charge in [-0.1, -0.05) is 12.1 Å². The molecule has 0 N–H and O–H groups in total. The molecule has 0 aliphatic rings. The summed E-state index contributed by atoms with van der Waals surface area (Å²) in [6.07, 6.45) is 1.62. The molecule has 0 bridgehead atoms. The highest BCUT2D eigenvalue weighted by Crippen LogP contribution is 2.24. The monoisotopic (exact) mass is 270 g/mol. The molecule has 1 aromatic carbocycles. The van der Waals surface area contributed by atoms with Crippen LogP contribution in [0, 0.1) is 10.1 Å². The maximum atomic E-state index is 11.0. The van der Waals surface area contributed by atoms with Crippen LogP contribution in [0.3, 0.4) is 0 Å². The van der Waals surface area contributed by atoms with E-state index in [-0.39, 0.29) is 11.3 Å². The minimum Gasteiger partial charge on any atom is -0.497 e. The van der Waals surface area contributed by atoms with E-state index in [1.807, 2.05) is 18.2 Å². The molecule has 7 heteroatoms.